The standard InChI is InChI=1S/C19H28N2O3/c1-4-10-20-17-9-8-14(3)12-16(17)18(22)21-11-6-7-15(13-21)19(23)24-5-2/h8-9,12,15,20H,4-7,10-11,13H2,1-3H3/t15-/m1/s1. The first-order valence-electron chi connectivity index (χ1n) is 8.87. The Morgan fingerprint density at radius 1 is 1.33 bits per heavy atom. The van der Waals surface area contributed by atoms with Gasteiger partial charge in [-0.3, -0.25) is 9.59 Å². The van der Waals surface area contributed by atoms with Gasteiger partial charge in [-0.05, 0) is 45.2 Å². The molecule has 1 aliphatic rings. The lowest BCUT2D eigenvalue weighted by Gasteiger charge is -2.32. The number of aryl methyl sites for hydroxylation is 1. The molecule has 0 saturated carbocycles. The number of benzene rings is 1. The first-order chi connectivity index (χ1) is 11.6. The molecule has 0 radical (unpaired) electrons. The zero-order valence-electron chi connectivity index (χ0n) is 14.9. The van der Waals surface area contributed by atoms with Crippen molar-refractivity contribution in [1.82, 2.24) is 4.90 Å². The van der Waals surface area contributed by atoms with Gasteiger partial charge < -0.3 is 15.0 Å². The molecule has 1 fully saturated rings. The van der Waals surface area contributed by atoms with E-state index in [2.05, 4.69) is 12.2 Å². The van der Waals surface area contributed by atoms with Crippen LogP contribution in [0.2, 0.25) is 0 Å². The molecule has 0 aliphatic carbocycles. The Labute approximate surface area is 144 Å². The van der Waals surface area contributed by atoms with Crippen LogP contribution >= 0.6 is 0 Å². The molecule has 0 aromatic heterocycles. The highest BCUT2D eigenvalue weighted by atomic mass is 16.5. The molecule has 5 nitrogen and oxygen atoms in total. The number of carbonyl (C=O) groups excluding carboxylic acids is 2. The summed E-state index contributed by atoms with van der Waals surface area (Å²) in [6.07, 6.45) is 2.62. The van der Waals surface area contributed by atoms with Crippen molar-refractivity contribution >= 4 is 17.6 Å². The lowest BCUT2D eigenvalue weighted by molar-refractivity contribution is -0.149. The molecule has 0 bridgehead atoms. The van der Waals surface area contributed by atoms with Gasteiger partial charge in [0.05, 0.1) is 18.1 Å². The fourth-order valence-electron chi connectivity index (χ4n) is 3.03. The van der Waals surface area contributed by atoms with E-state index in [9.17, 15) is 9.59 Å². The van der Waals surface area contributed by atoms with Crippen LogP contribution in [0.15, 0.2) is 18.2 Å². The highest BCUT2D eigenvalue weighted by Crippen LogP contribution is 2.24. The van der Waals surface area contributed by atoms with E-state index in [1.165, 1.54) is 0 Å². The third kappa shape index (κ3) is 4.49. The van der Waals surface area contributed by atoms with Crippen LogP contribution in [0.5, 0.6) is 0 Å². The number of hydrogen-bond acceptors (Lipinski definition) is 4. The molecular weight excluding hydrogens is 304 g/mol. The minimum atomic E-state index is -0.209. The summed E-state index contributed by atoms with van der Waals surface area (Å²) in [6, 6.07) is 5.89. The van der Waals surface area contributed by atoms with E-state index in [4.69, 9.17) is 4.74 Å². The maximum atomic E-state index is 13.0. The maximum absolute atomic E-state index is 13.0. The second-order valence-electron chi connectivity index (χ2n) is 6.32. The number of anilines is 1. The Morgan fingerprint density at radius 3 is 2.83 bits per heavy atom. The normalized spacial score (nSPS) is 17.5. The number of carbonyl (C=O) groups is 2. The Bertz CT molecular complexity index is 586. The monoisotopic (exact) mass is 332 g/mol. The van der Waals surface area contributed by atoms with Gasteiger partial charge in [0.1, 0.15) is 0 Å². The zero-order chi connectivity index (χ0) is 17.5. The van der Waals surface area contributed by atoms with E-state index in [1.807, 2.05) is 32.0 Å². The largest absolute Gasteiger partial charge is 0.466 e. The van der Waals surface area contributed by atoms with E-state index in [0.717, 1.165) is 37.1 Å². The zero-order valence-corrected chi connectivity index (χ0v) is 14.9. The van der Waals surface area contributed by atoms with Gasteiger partial charge in [-0.1, -0.05) is 18.6 Å². The molecule has 1 aliphatic heterocycles. The fraction of sp³-hybridized carbons (Fsp3) is 0.579. The van der Waals surface area contributed by atoms with Crippen LogP contribution in [0.1, 0.15) is 49.0 Å². The summed E-state index contributed by atoms with van der Waals surface area (Å²) >= 11 is 0. The van der Waals surface area contributed by atoms with Gasteiger partial charge in [0, 0.05) is 25.3 Å². The van der Waals surface area contributed by atoms with E-state index in [-0.39, 0.29) is 17.8 Å². The van der Waals surface area contributed by atoms with Crippen LogP contribution in [0, 0.1) is 12.8 Å². The third-order valence-corrected chi connectivity index (χ3v) is 4.30. The molecule has 1 N–H and O–H groups in total. The Kier molecular flexibility index (Phi) is 6.64. The Morgan fingerprint density at radius 2 is 2.12 bits per heavy atom. The minimum Gasteiger partial charge on any atom is -0.466 e. The number of hydrogen-bond donors (Lipinski definition) is 1. The second kappa shape index (κ2) is 8.71. The van der Waals surface area contributed by atoms with Crippen LogP contribution in [0.25, 0.3) is 0 Å². The highest BCUT2D eigenvalue weighted by molar-refractivity contribution is 6.00. The van der Waals surface area contributed by atoms with Crippen LogP contribution < -0.4 is 5.32 Å². The van der Waals surface area contributed by atoms with Crippen LogP contribution in [-0.4, -0.2) is 43.0 Å². The van der Waals surface area contributed by atoms with E-state index >= 15 is 0 Å². The molecule has 0 spiro atoms. The molecule has 5 heteroatoms. The molecule has 24 heavy (non-hydrogen) atoms. The molecule has 0 unspecified atom stereocenters. The van der Waals surface area contributed by atoms with Crippen molar-refractivity contribution in [3.8, 4) is 0 Å². The lowest BCUT2D eigenvalue weighted by Crippen LogP contribution is -2.43. The van der Waals surface area contributed by atoms with Gasteiger partial charge in [-0.25, -0.2) is 0 Å². The first-order valence-corrected chi connectivity index (χ1v) is 8.87. The summed E-state index contributed by atoms with van der Waals surface area (Å²) in [6.45, 7) is 8.23. The van der Waals surface area contributed by atoms with Gasteiger partial charge in [0.25, 0.3) is 5.91 Å². The molecule has 1 amide bonds. The number of nitrogens with one attached hydrogen (secondary N) is 1. The smallest absolute Gasteiger partial charge is 0.310 e. The van der Waals surface area contributed by atoms with Gasteiger partial charge in [-0.15, -0.1) is 0 Å². The number of nitrogens with zero attached hydrogens (tertiary/aromatic N) is 1. The minimum absolute atomic E-state index is 0.00805. The van der Waals surface area contributed by atoms with Crippen molar-refractivity contribution in [3.63, 3.8) is 0 Å². The van der Waals surface area contributed by atoms with Crippen LogP contribution in [-0.2, 0) is 9.53 Å². The van der Waals surface area contributed by atoms with E-state index in [0.29, 0.717) is 25.3 Å². The third-order valence-electron chi connectivity index (χ3n) is 4.30. The average molecular weight is 332 g/mol. The molecule has 1 heterocycles. The van der Waals surface area contributed by atoms with E-state index in [1.54, 1.807) is 4.90 Å². The van der Waals surface area contributed by atoms with Crippen molar-refractivity contribution < 1.29 is 14.3 Å². The Hall–Kier alpha value is -2.04. The molecule has 1 aromatic carbocycles. The summed E-state index contributed by atoms with van der Waals surface area (Å²) in [4.78, 5) is 26.8. The van der Waals surface area contributed by atoms with Gasteiger partial charge >= 0.3 is 5.97 Å². The summed E-state index contributed by atoms with van der Waals surface area (Å²) < 4.78 is 5.12. The van der Waals surface area contributed by atoms with Crippen molar-refractivity contribution in [2.24, 2.45) is 5.92 Å². The average Bonchev–Trinajstić information content (AvgIpc) is 2.60. The molecule has 132 valence electrons. The van der Waals surface area contributed by atoms with Crippen molar-refractivity contribution in [2.75, 3.05) is 31.6 Å². The number of esters is 1. The summed E-state index contributed by atoms with van der Waals surface area (Å²) in [5.74, 6) is -0.408. The van der Waals surface area contributed by atoms with Crippen molar-refractivity contribution in [2.45, 2.75) is 40.0 Å². The lowest BCUT2D eigenvalue weighted by atomic mass is 9.97. The molecule has 1 atom stereocenters. The second-order valence-corrected chi connectivity index (χ2v) is 6.32. The topological polar surface area (TPSA) is 58.6 Å². The highest BCUT2D eigenvalue weighted by Gasteiger charge is 2.30. The van der Waals surface area contributed by atoms with E-state index < -0.39 is 0 Å². The molecule has 1 saturated heterocycles. The summed E-state index contributed by atoms with van der Waals surface area (Å²) in [5.41, 5.74) is 2.61. The summed E-state index contributed by atoms with van der Waals surface area (Å²) in [5, 5.41) is 3.33. The first kappa shape index (κ1) is 18.3. The van der Waals surface area contributed by atoms with Gasteiger partial charge in [0.2, 0.25) is 0 Å². The number of likely N-dealkylation sites (tertiary alicyclic amines) is 1. The number of amides is 1. The molecular formula is C19H28N2O3. The SMILES string of the molecule is CCCNc1ccc(C)cc1C(=O)N1CCC[C@@H](C(=O)OCC)C1. The number of ether oxygens (including phenoxy) is 1. The number of rotatable bonds is 6. The van der Waals surface area contributed by atoms with Crippen LogP contribution in [0.4, 0.5) is 5.69 Å². The summed E-state index contributed by atoms with van der Waals surface area (Å²) in [7, 11) is 0. The van der Waals surface area contributed by atoms with Gasteiger partial charge in [-0.2, -0.15) is 0 Å². The van der Waals surface area contributed by atoms with Crippen molar-refractivity contribution in [1.29, 1.82) is 0 Å². The number of piperidine rings is 1. The van der Waals surface area contributed by atoms with Gasteiger partial charge in [0.15, 0.2) is 0 Å². The maximum Gasteiger partial charge on any atom is 0.310 e. The molecule has 1 aromatic rings. The predicted molar refractivity (Wildman–Crippen MR) is 95.2 cm³/mol. The van der Waals surface area contributed by atoms with Crippen LogP contribution in [0.3, 0.4) is 0 Å². The predicted octanol–water partition coefficient (Wildman–Crippen LogP) is 3.23. The fourth-order valence-corrected chi connectivity index (χ4v) is 3.03. The molecule has 2 rings (SSSR count). The van der Waals surface area contributed by atoms with Crippen molar-refractivity contribution in [3.05, 3.63) is 29.3 Å². The Balaban J connectivity index is 2.15. The quantitative estimate of drug-likeness (QED) is 0.813.